The fourth-order valence-corrected chi connectivity index (χ4v) is 1.35. The number of urea groups is 1. The van der Waals surface area contributed by atoms with Crippen molar-refractivity contribution >= 4 is 6.03 Å². The predicted octanol–water partition coefficient (Wildman–Crippen LogP) is 0.572. The SMILES string of the molecule is CCCCCCCCNC(=O)NCNNN. The van der Waals surface area contributed by atoms with Gasteiger partial charge in [-0.2, -0.15) is 5.53 Å². The fraction of sp³-hybridized carbons (Fsp3) is 0.900. The summed E-state index contributed by atoms with van der Waals surface area (Å²) in [6.45, 7) is 3.24. The minimum absolute atomic E-state index is 0.170. The molecule has 0 rings (SSSR count). The lowest BCUT2D eigenvalue weighted by molar-refractivity contribution is 0.239. The zero-order valence-electron chi connectivity index (χ0n) is 10.1. The van der Waals surface area contributed by atoms with Crippen molar-refractivity contribution in [3.05, 3.63) is 0 Å². The number of carbonyl (C=O) groups excluding carboxylic acids is 1. The van der Waals surface area contributed by atoms with E-state index in [1.807, 2.05) is 0 Å². The maximum absolute atomic E-state index is 11.1. The quantitative estimate of drug-likeness (QED) is 0.164. The van der Waals surface area contributed by atoms with E-state index in [1.54, 1.807) is 0 Å². The summed E-state index contributed by atoms with van der Waals surface area (Å²) < 4.78 is 0. The molecule has 0 aromatic heterocycles. The van der Waals surface area contributed by atoms with E-state index in [0.717, 1.165) is 13.0 Å². The first-order valence-corrected chi connectivity index (χ1v) is 6.01. The lowest BCUT2D eigenvalue weighted by atomic mass is 10.1. The van der Waals surface area contributed by atoms with Gasteiger partial charge in [0.05, 0.1) is 6.67 Å². The summed E-state index contributed by atoms with van der Waals surface area (Å²) in [6, 6.07) is -0.170. The van der Waals surface area contributed by atoms with E-state index in [4.69, 9.17) is 5.84 Å². The van der Waals surface area contributed by atoms with Gasteiger partial charge in [-0.05, 0) is 6.42 Å². The van der Waals surface area contributed by atoms with Crippen LogP contribution in [0.4, 0.5) is 4.79 Å². The van der Waals surface area contributed by atoms with Crippen LogP contribution in [-0.4, -0.2) is 19.2 Å². The molecule has 0 unspecified atom stereocenters. The molecular formula is C10H25N5O. The Balaban J connectivity index is 3.09. The van der Waals surface area contributed by atoms with Crippen molar-refractivity contribution in [2.75, 3.05) is 13.2 Å². The smallest absolute Gasteiger partial charge is 0.315 e. The van der Waals surface area contributed by atoms with E-state index < -0.39 is 0 Å². The molecule has 0 saturated heterocycles. The molecule has 0 spiro atoms. The Morgan fingerprint density at radius 1 is 1.06 bits per heavy atom. The van der Waals surface area contributed by atoms with Gasteiger partial charge >= 0.3 is 6.03 Å². The third kappa shape index (κ3) is 11.2. The third-order valence-electron chi connectivity index (χ3n) is 2.26. The fourth-order valence-electron chi connectivity index (χ4n) is 1.35. The number of hydrogen-bond acceptors (Lipinski definition) is 4. The number of hydrazine groups is 2. The van der Waals surface area contributed by atoms with Crippen LogP contribution in [0.25, 0.3) is 0 Å². The predicted molar refractivity (Wildman–Crippen MR) is 65.2 cm³/mol. The van der Waals surface area contributed by atoms with Crippen LogP contribution in [0, 0.1) is 0 Å². The van der Waals surface area contributed by atoms with Crippen LogP contribution in [0.15, 0.2) is 0 Å². The van der Waals surface area contributed by atoms with Gasteiger partial charge in [0.25, 0.3) is 0 Å². The van der Waals surface area contributed by atoms with Gasteiger partial charge in [0.2, 0.25) is 0 Å². The normalized spacial score (nSPS) is 10.1. The van der Waals surface area contributed by atoms with Gasteiger partial charge in [-0.1, -0.05) is 39.0 Å². The molecule has 0 bridgehead atoms. The Kier molecular flexibility index (Phi) is 11.6. The molecule has 0 aliphatic heterocycles. The zero-order valence-corrected chi connectivity index (χ0v) is 10.1. The summed E-state index contributed by atoms with van der Waals surface area (Å²) in [5.41, 5.74) is 4.79. The van der Waals surface area contributed by atoms with Gasteiger partial charge in [0.1, 0.15) is 0 Å². The highest BCUT2D eigenvalue weighted by Gasteiger charge is 1.97. The number of rotatable bonds is 10. The van der Waals surface area contributed by atoms with Crippen LogP contribution in [0.1, 0.15) is 45.4 Å². The second kappa shape index (κ2) is 12.2. The van der Waals surface area contributed by atoms with E-state index in [2.05, 4.69) is 28.5 Å². The minimum atomic E-state index is -0.170. The summed E-state index contributed by atoms with van der Waals surface area (Å²) in [6.07, 6.45) is 7.36. The first-order chi connectivity index (χ1) is 7.81. The topological polar surface area (TPSA) is 91.2 Å². The van der Waals surface area contributed by atoms with Crippen LogP contribution >= 0.6 is 0 Å². The zero-order chi connectivity index (χ0) is 12.1. The van der Waals surface area contributed by atoms with Crippen molar-refractivity contribution in [3.8, 4) is 0 Å². The summed E-state index contributed by atoms with van der Waals surface area (Å²) >= 11 is 0. The Morgan fingerprint density at radius 3 is 2.44 bits per heavy atom. The molecule has 0 aromatic carbocycles. The molecule has 2 amide bonds. The Labute approximate surface area is 97.7 Å². The molecule has 6 N–H and O–H groups in total. The van der Waals surface area contributed by atoms with Crippen molar-refractivity contribution < 1.29 is 4.79 Å². The average Bonchev–Trinajstić information content (AvgIpc) is 2.28. The third-order valence-corrected chi connectivity index (χ3v) is 2.26. The highest BCUT2D eigenvalue weighted by atomic mass is 16.2. The monoisotopic (exact) mass is 231 g/mol. The van der Waals surface area contributed by atoms with Gasteiger partial charge in [0.15, 0.2) is 0 Å². The molecule has 0 atom stereocenters. The second-order valence-corrected chi connectivity index (χ2v) is 3.70. The van der Waals surface area contributed by atoms with Crippen LogP contribution in [-0.2, 0) is 0 Å². The first kappa shape index (κ1) is 15.2. The summed E-state index contributed by atoms with van der Waals surface area (Å²) in [4.78, 5) is 11.1. The molecule has 0 saturated carbocycles. The molecular weight excluding hydrogens is 206 g/mol. The highest BCUT2D eigenvalue weighted by molar-refractivity contribution is 5.73. The summed E-state index contributed by atoms with van der Waals surface area (Å²) in [5.74, 6) is 4.96. The van der Waals surface area contributed by atoms with Gasteiger partial charge in [0, 0.05) is 6.54 Å². The van der Waals surface area contributed by atoms with Crippen molar-refractivity contribution in [3.63, 3.8) is 0 Å². The van der Waals surface area contributed by atoms with Gasteiger partial charge in [-0.15, -0.1) is 0 Å². The van der Waals surface area contributed by atoms with E-state index in [-0.39, 0.29) is 6.03 Å². The Morgan fingerprint density at radius 2 is 1.75 bits per heavy atom. The lowest BCUT2D eigenvalue weighted by Crippen LogP contribution is -2.47. The van der Waals surface area contributed by atoms with Crippen molar-refractivity contribution in [2.45, 2.75) is 45.4 Å². The van der Waals surface area contributed by atoms with Gasteiger partial charge in [-0.3, -0.25) is 5.84 Å². The number of unbranched alkanes of at least 4 members (excludes halogenated alkanes) is 5. The maximum Gasteiger partial charge on any atom is 0.315 e. The average molecular weight is 231 g/mol. The molecule has 96 valence electrons. The van der Waals surface area contributed by atoms with E-state index >= 15 is 0 Å². The molecule has 6 nitrogen and oxygen atoms in total. The molecule has 0 heterocycles. The van der Waals surface area contributed by atoms with Crippen LogP contribution in [0.2, 0.25) is 0 Å². The molecule has 6 heteroatoms. The maximum atomic E-state index is 11.1. The summed E-state index contributed by atoms with van der Waals surface area (Å²) in [7, 11) is 0. The number of hydrogen-bond donors (Lipinski definition) is 5. The second-order valence-electron chi connectivity index (χ2n) is 3.70. The van der Waals surface area contributed by atoms with Crippen LogP contribution in [0.5, 0.6) is 0 Å². The first-order valence-electron chi connectivity index (χ1n) is 6.01. The molecule has 0 aromatic rings. The molecule has 0 fully saturated rings. The van der Waals surface area contributed by atoms with Crippen LogP contribution < -0.4 is 27.4 Å². The lowest BCUT2D eigenvalue weighted by Gasteiger charge is -2.07. The van der Waals surface area contributed by atoms with Gasteiger partial charge < -0.3 is 10.6 Å². The van der Waals surface area contributed by atoms with Crippen molar-refractivity contribution in [1.29, 1.82) is 0 Å². The number of amides is 2. The van der Waals surface area contributed by atoms with Crippen molar-refractivity contribution in [2.24, 2.45) is 5.84 Å². The summed E-state index contributed by atoms with van der Waals surface area (Å²) in [5, 5.41) is 5.36. The highest BCUT2D eigenvalue weighted by Crippen LogP contribution is 2.03. The number of carbonyl (C=O) groups is 1. The Hall–Kier alpha value is -0.850. The Bertz CT molecular complexity index is 165. The number of nitrogens with one attached hydrogen (secondary N) is 4. The van der Waals surface area contributed by atoms with Crippen LogP contribution in [0.3, 0.4) is 0 Å². The van der Waals surface area contributed by atoms with E-state index in [0.29, 0.717) is 6.67 Å². The molecule has 0 aliphatic carbocycles. The molecule has 16 heavy (non-hydrogen) atoms. The van der Waals surface area contributed by atoms with Crippen molar-refractivity contribution in [1.82, 2.24) is 21.6 Å². The van der Waals surface area contributed by atoms with E-state index in [1.165, 1.54) is 32.1 Å². The molecule has 0 radical (unpaired) electrons. The largest absolute Gasteiger partial charge is 0.338 e. The van der Waals surface area contributed by atoms with Gasteiger partial charge in [-0.25, -0.2) is 10.2 Å². The standard InChI is InChI=1S/C10H25N5O/c1-2-3-4-5-6-7-8-12-10(16)13-9-14-15-11/h14-15H,2-9,11H2,1H3,(H2,12,13,16). The molecule has 0 aliphatic rings. The number of nitrogens with two attached hydrogens (primary N) is 1. The van der Waals surface area contributed by atoms with E-state index in [9.17, 15) is 4.79 Å². The minimum Gasteiger partial charge on any atom is -0.338 e.